The molecule has 0 radical (unpaired) electrons. The van der Waals surface area contributed by atoms with Gasteiger partial charge in [-0.05, 0) is 23.8 Å². The van der Waals surface area contributed by atoms with Crippen molar-refractivity contribution in [2.45, 2.75) is 13.0 Å². The van der Waals surface area contributed by atoms with Crippen LogP contribution in [-0.4, -0.2) is 66.6 Å². The number of rotatable bonds is 8. The van der Waals surface area contributed by atoms with Crippen LogP contribution in [0.15, 0.2) is 43.1 Å². The summed E-state index contributed by atoms with van der Waals surface area (Å²) in [5, 5.41) is 7.69. The zero-order chi connectivity index (χ0) is 26.7. The number of methoxy groups -OCH3 is 2. The number of hydrogen-bond acceptors (Lipinski definition) is 7. The molecule has 0 aliphatic carbocycles. The van der Waals surface area contributed by atoms with Crippen LogP contribution in [0.5, 0.6) is 11.5 Å². The molecule has 9 nitrogen and oxygen atoms in total. The van der Waals surface area contributed by atoms with Crippen LogP contribution in [0.2, 0.25) is 10.0 Å². The fourth-order valence-electron chi connectivity index (χ4n) is 4.38. The molecular formula is C26H27Cl2N5O4. The summed E-state index contributed by atoms with van der Waals surface area (Å²) in [7, 11) is 3.06. The molecule has 2 N–H and O–H groups in total. The van der Waals surface area contributed by atoms with Crippen molar-refractivity contribution in [1.82, 2.24) is 20.2 Å². The van der Waals surface area contributed by atoms with Crippen molar-refractivity contribution < 1.29 is 19.1 Å². The molecule has 2 unspecified atom stereocenters. The monoisotopic (exact) mass is 543 g/mol. The first-order chi connectivity index (χ1) is 17.7. The minimum absolute atomic E-state index is 0.0122. The van der Waals surface area contributed by atoms with E-state index < -0.39 is 0 Å². The highest BCUT2D eigenvalue weighted by Gasteiger charge is 2.34. The lowest BCUT2D eigenvalue weighted by atomic mass is 10.0. The summed E-state index contributed by atoms with van der Waals surface area (Å²) in [6.07, 6.45) is 2.93. The number of ether oxygens (including phenoxy) is 2. The SMILES string of the molecule is C=CC(=O)NC1CN(C(C)=O)CC1CNc1ncc2cc(-c3c(Cl)c(OC)cc(OC)c3Cl)ccc2n1. The number of nitrogens with one attached hydrogen (secondary N) is 2. The number of benzene rings is 2. The molecule has 2 atom stereocenters. The molecule has 11 heteroatoms. The van der Waals surface area contributed by atoms with E-state index in [1.54, 1.807) is 17.2 Å². The van der Waals surface area contributed by atoms with E-state index in [2.05, 4.69) is 27.2 Å². The van der Waals surface area contributed by atoms with E-state index in [-0.39, 0.29) is 23.8 Å². The summed E-state index contributed by atoms with van der Waals surface area (Å²) in [6.45, 7) is 6.46. The van der Waals surface area contributed by atoms with Gasteiger partial charge in [-0.2, -0.15) is 0 Å². The van der Waals surface area contributed by atoms with Crippen molar-refractivity contribution in [3.63, 3.8) is 0 Å². The van der Waals surface area contributed by atoms with Gasteiger partial charge in [0.05, 0.1) is 35.8 Å². The smallest absolute Gasteiger partial charge is 0.243 e. The highest BCUT2D eigenvalue weighted by molar-refractivity contribution is 6.41. The molecule has 4 rings (SSSR count). The van der Waals surface area contributed by atoms with Gasteiger partial charge in [0.1, 0.15) is 11.5 Å². The van der Waals surface area contributed by atoms with Gasteiger partial charge >= 0.3 is 0 Å². The summed E-state index contributed by atoms with van der Waals surface area (Å²) in [6, 6.07) is 7.07. The Morgan fingerprint density at radius 1 is 1.16 bits per heavy atom. The van der Waals surface area contributed by atoms with Gasteiger partial charge in [0, 0.05) is 55.7 Å². The average molecular weight is 544 g/mol. The molecule has 37 heavy (non-hydrogen) atoms. The third kappa shape index (κ3) is 5.57. The largest absolute Gasteiger partial charge is 0.495 e. The maximum Gasteiger partial charge on any atom is 0.243 e. The Hall–Kier alpha value is -3.56. The molecule has 0 spiro atoms. The third-order valence-corrected chi connectivity index (χ3v) is 7.11. The Morgan fingerprint density at radius 2 is 1.86 bits per heavy atom. The Balaban J connectivity index is 1.55. The van der Waals surface area contributed by atoms with E-state index in [1.807, 2.05) is 18.2 Å². The summed E-state index contributed by atoms with van der Waals surface area (Å²) in [4.78, 5) is 34.5. The van der Waals surface area contributed by atoms with E-state index in [9.17, 15) is 9.59 Å². The standard InChI is InChI=1S/C26H27Cl2N5O4/c1-5-22(35)31-19-13-33(14(2)34)12-17(19)11-30-26-29-10-16-8-15(6-7-18(16)32-26)23-24(27)20(36-3)9-21(37-4)25(23)28/h5-10,17,19H,1,11-13H2,2-4H3,(H,31,35)(H,29,30,32). The van der Waals surface area contributed by atoms with Crippen molar-refractivity contribution in [2.24, 2.45) is 5.92 Å². The molecule has 2 heterocycles. The van der Waals surface area contributed by atoms with Gasteiger partial charge in [-0.1, -0.05) is 35.8 Å². The number of fused-ring (bicyclic) bond motifs is 1. The van der Waals surface area contributed by atoms with Crippen LogP contribution in [0, 0.1) is 5.92 Å². The van der Waals surface area contributed by atoms with Crippen molar-refractivity contribution in [2.75, 3.05) is 39.2 Å². The van der Waals surface area contributed by atoms with E-state index in [0.29, 0.717) is 52.7 Å². The van der Waals surface area contributed by atoms with Gasteiger partial charge < -0.3 is 25.0 Å². The van der Waals surface area contributed by atoms with Crippen molar-refractivity contribution >= 4 is 51.9 Å². The number of halogens is 2. The molecule has 1 aromatic heterocycles. The topological polar surface area (TPSA) is 106 Å². The second-order valence-corrected chi connectivity index (χ2v) is 9.39. The number of aromatic nitrogens is 2. The summed E-state index contributed by atoms with van der Waals surface area (Å²) in [5.41, 5.74) is 2.07. The molecular weight excluding hydrogens is 517 g/mol. The number of nitrogens with zero attached hydrogens (tertiary/aromatic N) is 3. The first-order valence-electron chi connectivity index (χ1n) is 11.5. The second kappa shape index (κ2) is 11.2. The normalized spacial score (nSPS) is 16.9. The van der Waals surface area contributed by atoms with Gasteiger partial charge in [0.25, 0.3) is 0 Å². The maximum atomic E-state index is 11.9. The average Bonchev–Trinajstić information content (AvgIpc) is 3.30. The molecule has 0 saturated carbocycles. The van der Waals surface area contributed by atoms with Crippen molar-refractivity contribution in [1.29, 1.82) is 0 Å². The number of carbonyl (C=O) groups is 2. The third-order valence-electron chi connectivity index (χ3n) is 6.36. The fourth-order valence-corrected chi connectivity index (χ4v) is 5.09. The first kappa shape index (κ1) is 26.5. The summed E-state index contributed by atoms with van der Waals surface area (Å²) in [5.74, 6) is 1.02. The minimum atomic E-state index is -0.271. The molecule has 1 aliphatic heterocycles. The Morgan fingerprint density at radius 3 is 2.49 bits per heavy atom. The van der Waals surface area contributed by atoms with E-state index in [1.165, 1.54) is 27.2 Å². The number of likely N-dealkylation sites (tertiary alicyclic amines) is 1. The predicted octanol–water partition coefficient (Wildman–Crippen LogP) is 4.18. The molecule has 1 aliphatic rings. The fraction of sp³-hybridized carbons (Fsp3) is 0.308. The molecule has 2 aromatic carbocycles. The lowest BCUT2D eigenvalue weighted by molar-refractivity contribution is -0.128. The lowest BCUT2D eigenvalue weighted by Crippen LogP contribution is -2.42. The molecule has 0 bridgehead atoms. The predicted molar refractivity (Wildman–Crippen MR) is 144 cm³/mol. The van der Waals surface area contributed by atoms with Gasteiger partial charge in [-0.25, -0.2) is 9.97 Å². The zero-order valence-corrected chi connectivity index (χ0v) is 22.2. The van der Waals surface area contributed by atoms with E-state index >= 15 is 0 Å². The van der Waals surface area contributed by atoms with Gasteiger partial charge in [0.15, 0.2) is 0 Å². The number of hydrogen-bond donors (Lipinski definition) is 2. The highest BCUT2D eigenvalue weighted by Crippen LogP contribution is 2.46. The quantitative estimate of drug-likeness (QED) is 0.410. The van der Waals surface area contributed by atoms with Crippen LogP contribution in [0.25, 0.3) is 22.0 Å². The Bertz CT molecular complexity index is 1340. The van der Waals surface area contributed by atoms with Crippen LogP contribution >= 0.6 is 23.2 Å². The van der Waals surface area contributed by atoms with Gasteiger partial charge in [0.2, 0.25) is 17.8 Å². The number of carbonyl (C=O) groups excluding carboxylic acids is 2. The van der Waals surface area contributed by atoms with Crippen molar-refractivity contribution in [3.8, 4) is 22.6 Å². The molecule has 3 aromatic rings. The Labute approximate surface area is 224 Å². The number of anilines is 1. The maximum absolute atomic E-state index is 11.9. The summed E-state index contributed by atoms with van der Waals surface area (Å²) >= 11 is 13.2. The highest BCUT2D eigenvalue weighted by atomic mass is 35.5. The van der Waals surface area contributed by atoms with Crippen LogP contribution in [-0.2, 0) is 9.59 Å². The van der Waals surface area contributed by atoms with Crippen LogP contribution in [0.4, 0.5) is 5.95 Å². The molecule has 1 saturated heterocycles. The minimum Gasteiger partial charge on any atom is -0.495 e. The van der Waals surface area contributed by atoms with Gasteiger partial charge in [-0.15, -0.1) is 0 Å². The van der Waals surface area contributed by atoms with E-state index in [0.717, 1.165) is 16.5 Å². The summed E-state index contributed by atoms with van der Waals surface area (Å²) < 4.78 is 10.8. The van der Waals surface area contributed by atoms with Crippen LogP contribution in [0.1, 0.15) is 6.92 Å². The second-order valence-electron chi connectivity index (χ2n) is 8.64. The molecule has 1 fully saturated rings. The van der Waals surface area contributed by atoms with E-state index in [4.69, 9.17) is 32.7 Å². The lowest BCUT2D eigenvalue weighted by Gasteiger charge is -2.19. The first-order valence-corrected chi connectivity index (χ1v) is 12.3. The molecule has 2 amide bonds. The van der Waals surface area contributed by atoms with Gasteiger partial charge in [-0.3, -0.25) is 9.59 Å². The van der Waals surface area contributed by atoms with Crippen LogP contribution < -0.4 is 20.1 Å². The Kier molecular flexibility index (Phi) is 8.04. The van der Waals surface area contributed by atoms with Crippen LogP contribution in [0.3, 0.4) is 0 Å². The van der Waals surface area contributed by atoms with Crippen molar-refractivity contribution in [3.05, 3.63) is 53.2 Å². The zero-order valence-electron chi connectivity index (χ0n) is 20.7. The number of amides is 2. The molecule has 194 valence electrons.